The van der Waals surface area contributed by atoms with Crippen molar-refractivity contribution in [3.8, 4) is 0 Å². The minimum absolute atomic E-state index is 0. The summed E-state index contributed by atoms with van der Waals surface area (Å²) in [5.41, 5.74) is 7.39. The minimum atomic E-state index is 0. The van der Waals surface area contributed by atoms with Crippen molar-refractivity contribution in [1.82, 2.24) is 10.9 Å². The van der Waals surface area contributed by atoms with Gasteiger partial charge in [0.05, 0.1) is 12.4 Å². The SMILES string of the molecule is S=C(N/N=C/C1=C[CH]C=C1)N/N=C/C1=C[CH]C=C1.[CH]1C=CC=C1.[CH]1C=CC=C1.[Fe].[Fe]. The van der Waals surface area contributed by atoms with Crippen molar-refractivity contribution in [2.45, 2.75) is 0 Å². The molecule has 0 atom stereocenters. The maximum absolute atomic E-state index is 4.99. The van der Waals surface area contributed by atoms with Crippen LogP contribution in [0, 0.1) is 25.7 Å². The van der Waals surface area contributed by atoms with Gasteiger partial charge in [0.25, 0.3) is 0 Å². The van der Waals surface area contributed by atoms with E-state index in [0.717, 1.165) is 11.1 Å². The van der Waals surface area contributed by atoms with Crippen molar-refractivity contribution >= 4 is 29.8 Å². The first-order valence-corrected chi connectivity index (χ1v) is 9.14. The summed E-state index contributed by atoms with van der Waals surface area (Å²) in [4.78, 5) is 0. The van der Waals surface area contributed by atoms with E-state index in [-0.39, 0.29) is 34.1 Å². The normalized spacial score (nSPS) is 16.4. The van der Waals surface area contributed by atoms with E-state index in [1.54, 1.807) is 12.4 Å². The molecule has 0 saturated carbocycles. The fourth-order valence-corrected chi connectivity index (χ4v) is 2.05. The fraction of sp³-hybridized carbons (Fsp3) is 0. The Morgan fingerprint density at radius 3 is 1.27 bits per heavy atom. The molecule has 156 valence electrons. The maximum Gasteiger partial charge on any atom is 0.207 e. The fourth-order valence-electron chi connectivity index (χ4n) is 1.95. The number of nitrogens with one attached hydrogen (secondary N) is 2. The van der Waals surface area contributed by atoms with Crippen LogP contribution < -0.4 is 10.9 Å². The third-order valence-corrected chi connectivity index (χ3v) is 3.43. The van der Waals surface area contributed by atoms with Gasteiger partial charge in [-0.1, -0.05) is 85.1 Å². The Labute approximate surface area is 206 Å². The third kappa shape index (κ3) is 14.0. The molecule has 4 rings (SSSR count). The Morgan fingerprint density at radius 1 is 0.600 bits per heavy atom. The van der Waals surface area contributed by atoms with E-state index in [2.05, 4.69) is 21.1 Å². The average molecular weight is 498 g/mol. The van der Waals surface area contributed by atoms with Crippen LogP contribution in [0.2, 0.25) is 0 Å². The molecule has 0 aromatic rings. The van der Waals surface area contributed by atoms with Crippen molar-refractivity contribution in [1.29, 1.82) is 0 Å². The summed E-state index contributed by atoms with van der Waals surface area (Å²) in [6.07, 6.45) is 39.0. The Balaban J connectivity index is 0.000000575. The van der Waals surface area contributed by atoms with Gasteiger partial charge in [0, 0.05) is 59.8 Å². The van der Waals surface area contributed by atoms with Crippen LogP contribution in [-0.4, -0.2) is 17.5 Å². The summed E-state index contributed by atoms with van der Waals surface area (Å²) in [5.74, 6) is 0. The van der Waals surface area contributed by atoms with Crippen molar-refractivity contribution in [3.63, 3.8) is 0 Å². The van der Waals surface area contributed by atoms with E-state index >= 15 is 0 Å². The van der Waals surface area contributed by atoms with Crippen LogP contribution in [0.1, 0.15) is 0 Å². The van der Waals surface area contributed by atoms with E-state index in [4.69, 9.17) is 12.2 Å². The van der Waals surface area contributed by atoms with Crippen molar-refractivity contribution in [2.75, 3.05) is 0 Å². The summed E-state index contributed by atoms with van der Waals surface area (Å²) in [6, 6.07) is 0. The third-order valence-electron chi connectivity index (χ3n) is 3.25. The Hall–Kier alpha value is -2.01. The Kier molecular flexibility index (Phi) is 17.7. The Morgan fingerprint density at radius 2 is 1.00 bits per heavy atom. The smallest absolute Gasteiger partial charge is 0.207 e. The van der Waals surface area contributed by atoms with Crippen LogP contribution in [-0.2, 0) is 34.1 Å². The summed E-state index contributed by atoms with van der Waals surface area (Å²) in [7, 11) is 0. The maximum atomic E-state index is 4.99. The van der Waals surface area contributed by atoms with E-state index < -0.39 is 0 Å². The van der Waals surface area contributed by atoms with Gasteiger partial charge in [-0.25, -0.2) is 0 Å². The molecule has 0 heterocycles. The Bertz CT molecular complexity index is 727. The zero-order valence-corrected chi connectivity index (χ0v) is 19.1. The molecule has 4 nitrogen and oxygen atoms in total. The molecule has 0 fully saturated rings. The van der Waals surface area contributed by atoms with E-state index in [9.17, 15) is 0 Å². The van der Waals surface area contributed by atoms with Gasteiger partial charge in [0.1, 0.15) is 0 Å². The molecule has 0 aromatic heterocycles. The van der Waals surface area contributed by atoms with Gasteiger partial charge in [-0.3, -0.25) is 10.9 Å². The predicted molar refractivity (Wildman–Crippen MR) is 124 cm³/mol. The second kappa shape index (κ2) is 19.0. The van der Waals surface area contributed by atoms with E-state index in [1.165, 1.54) is 0 Å². The summed E-state index contributed by atoms with van der Waals surface area (Å²) >= 11 is 4.99. The van der Waals surface area contributed by atoms with Gasteiger partial charge in [-0.15, -0.1) is 0 Å². The number of thiocarbonyl (C=S) groups is 1. The molecule has 30 heavy (non-hydrogen) atoms. The first kappa shape index (κ1) is 28.0. The van der Waals surface area contributed by atoms with Crippen LogP contribution in [0.25, 0.3) is 0 Å². The van der Waals surface area contributed by atoms with Gasteiger partial charge in [0.2, 0.25) is 5.11 Å². The molecule has 0 unspecified atom stereocenters. The molecule has 0 spiro atoms. The van der Waals surface area contributed by atoms with Gasteiger partial charge in [-0.05, 0) is 23.4 Å². The zero-order chi connectivity index (χ0) is 19.7. The topological polar surface area (TPSA) is 48.8 Å². The van der Waals surface area contributed by atoms with Crippen LogP contribution in [0.15, 0.2) is 106 Å². The van der Waals surface area contributed by atoms with Crippen molar-refractivity contribution in [3.05, 3.63) is 122 Å². The molecule has 4 radical (unpaired) electrons. The summed E-state index contributed by atoms with van der Waals surface area (Å²) < 4.78 is 0. The van der Waals surface area contributed by atoms with Gasteiger partial charge >= 0.3 is 0 Å². The average Bonchev–Trinajstić information content (AvgIpc) is 3.54. The summed E-state index contributed by atoms with van der Waals surface area (Å²) in [5, 5.41) is 8.30. The van der Waals surface area contributed by atoms with E-state index in [1.807, 2.05) is 111 Å². The predicted octanol–water partition coefficient (Wildman–Crippen LogP) is 4.45. The molecule has 4 aliphatic carbocycles. The van der Waals surface area contributed by atoms with Crippen LogP contribution in [0.4, 0.5) is 0 Å². The molecule has 4 aliphatic rings. The first-order valence-electron chi connectivity index (χ1n) is 8.73. The number of nitrogens with zero attached hydrogens (tertiary/aromatic N) is 2. The second-order valence-electron chi connectivity index (χ2n) is 5.43. The molecule has 0 saturated heterocycles. The number of hydrogen-bond acceptors (Lipinski definition) is 3. The summed E-state index contributed by atoms with van der Waals surface area (Å²) in [6.45, 7) is 0. The van der Waals surface area contributed by atoms with E-state index in [0.29, 0.717) is 5.11 Å². The quantitative estimate of drug-likeness (QED) is 0.261. The molecular formula is C23H22Fe2N4S. The zero-order valence-electron chi connectivity index (χ0n) is 16.1. The second-order valence-corrected chi connectivity index (χ2v) is 5.84. The molecular weight excluding hydrogens is 476 g/mol. The number of hydrazone groups is 2. The van der Waals surface area contributed by atoms with Gasteiger partial charge in [0.15, 0.2) is 0 Å². The van der Waals surface area contributed by atoms with Crippen LogP contribution in [0.3, 0.4) is 0 Å². The van der Waals surface area contributed by atoms with Crippen molar-refractivity contribution < 1.29 is 34.1 Å². The van der Waals surface area contributed by atoms with Gasteiger partial charge in [-0.2, -0.15) is 10.2 Å². The molecule has 0 aliphatic heterocycles. The largest absolute Gasteiger partial charge is 0.252 e. The standard InChI is InChI=1S/C13H12N4S.2C5H5.2Fe/c18-13(16-14-9-11-5-1-2-6-11)17-15-10-12-7-3-4-8-12;2*1-2-4-5-3-1;;/h1-10H,(H2,16,17,18);2*1-5H;;/b14-9+,15-10+;;;;. The number of allylic oxidation sites excluding steroid dienone is 16. The van der Waals surface area contributed by atoms with Crippen LogP contribution in [0.5, 0.6) is 0 Å². The first-order chi connectivity index (χ1) is 13.8. The molecule has 0 bridgehead atoms. The molecule has 0 aromatic carbocycles. The number of rotatable bonds is 4. The van der Waals surface area contributed by atoms with Gasteiger partial charge < -0.3 is 0 Å². The number of hydrogen-bond donors (Lipinski definition) is 2. The minimum Gasteiger partial charge on any atom is -0.252 e. The molecule has 2 N–H and O–H groups in total. The van der Waals surface area contributed by atoms with Crippen LogP contribution >= 0.6 is 12.2 Å². The monoisotopic (exact) mass is 498 g/mol. The molecule has 0 amide bonds. The molecule has 7 heteroatoms. The van der Waals surface area contributed by atoms with Crippen molar-refractivity contribution in [2.24, 2.45) is 10.2 Å².